The van der Waals surface area contributed by atoms with Crippen LogP contribution in [0, 0.1) is 0 Å². The Kier molecular flexibility index (Phi) is 3.96. The van der Waals surface area contributed by atoms with Gasteiger partial charge in [-0.1, -0.05) is 13.8 Å². The SMILES string of the molecule is CCN[C@@H]1C(=O)OCc2c1cc1n(c2=O)Cc2c-1nc1ccc(O)cc1c2CC. The van der Waals surface area contributed by atoms with E-state index in [9.17, 15) is 14.7 Å². The minimum Gasteiger partial charge on any atom is -0.508 e. The fourth-order valence-electron chi connectivity index (χ4n) is 4.52. The minimum absolute atomic E-state index is 0.00453. The zero-order valence-electron chi connectivity index (χ0n) is 16.3. The van der Waals surface area contributed by atoms with Gasteiger partial charge in [0.05, 0.1) is 29.0 Å². The lowest BCUT2D eigenvalue weighted by atomic mass is 9.96. The predicted molar refractivity (Wildman–Crippen MR) is 108 cm³/mol. The van der Waals surface area contributed by atoms with Crippen molar-refractivity contribution in [3.63, 3.8) is 0 Å². The van der Waals surface area contributed by atoms with Gasteiger partial charge >= 0.3 is 5.97 Å². The van der Waals surface area contributed by atoms with Crippen LogP contribution in [0.25, 0.3) is 22.3 Å². The van der Waals surface area contributed by atoms with E-state index in [-0.39, 0.29) is 23.9 Å². The molecule has 0 amide bonds. The fraction of sp³-hybridized carbons (Fsp3) is 0.318. The van der Waals surface area contributed by atoms with Gasteiger partial charge in [0, 0.05) is 10.9 Å². The van der Waals surface area contributed by atoms with Crippen molar-refractivity contribution < 1.29 is 14.6 Å². The number of fused-ring (bicyclic) bond motifs is 5. The van der Waals surface area contributed by atoms with E-state index < -0.39 is 6.04 Å². The molecule has 0 fully saturated rings. The van der Waals surface area contributed by atoms with Crippen LogP contribution in [0.3, 0.4) is 0 Å². The molecule has 2 aliphatic heterocycles. The molecule has 1 atom stereocenters. The number of carbonyl (C=O) groups is 1. The number of benzene rings is 1. The van der Waals surface area contributed by atoms with Gasteiger partial charge in [0.25, 0.3) is 5.56 Å². The summed E-state index contributed by atoms with van der Waals surface area (Å²) in [5.41, 5.74) is 5.42. The average molecular weight is 391 g/mol. The molecule has 3 aromatic rings. The van der Waals surface area contributed by atoms with Crippen molar-refractivity contribution in [3.05, 3.63) is 56.9 Å². The highest BCUT2D eigenvalue weighted by atomic mass is 16.5. The number of nitrogens with zero attached hydrogens (tertiary/aromatic N) is 2. The number of likely N-dealkylation sites (N-methyl/N-ethyl adjacent to an activating group) is 1. The first kappa shape index (κ1) is 17.9. The number of aryl methyl sites for hydroxylation is 1. The Morgan fingerprint density at radius 3 is 2.83 bits per heavy atom. The Morgan fingerprint density at radius 1 is 1.24 bits per heavy atom. The summed E-state index contributed by atoms with van der Waals surface area (Å²) in [6, 6.07) is 6.41. The topological polar surface area (TPSA) is 93.5 Å². The standard InChI is InChI=1S/C22H21N3O4/c1-3-12-13-7-11(26)5-6-17(13)24-19-15(12)9-25-18(19)8-14-16(21(25)27)10-29-22(28)20(14)23-4-2/h5-8,20,23,26H,3-4,9-10H2,1-2H3/t20-/m0/s1. The lowest BCUT2D eigenvalue weighted by Crippen LogP contribution is -2.38. The number of phenolic OH excluding ortho intramolecular Hbond substituents is 1. The van der Waals surface area contributed by atoms with Crippen LogP contribution in [0.1, 0.15) is 42.1 Å². The highest BCUT2D eigenvalue weighted by Gasteiger charge is 2.35. The summed E-state index contributed by atoms with van der Waals surface area (Å²) in [5, 5.41) is 14.0. The highest BCUT2D eigenvalue weighted by molar-refractivity contribution is 5.89. The summed E-state index contributed by atoms with van der Waals surface area (Å²) < 4.78 is 6.97. The van der Waals surface area contributed by atoms with Crippen LogP contribution in [0.5, 0.6) is 5.75 Å². The maximum atomic E-state index is 13.3. The summed E-state index contributed by atoms with van der Waals surface area (Å²) in [6.45, 7) is 4.98. The van der Waals surface area contributed by atoms with Crippen LogP contribution in [0.4, 0.5) is 0 Å². The van der Waals surface area contributed by atoms with E-state index >= 15 is 0 Å². The largest absolute Gasteiger partial charge is 0.508 e. The van der Waals surface area contributed by atoms with Crippen molar-refractivity contribution in [2.24, 2.45) is 0 Å². The van der Waals surface area contributed by atoms with Crippen molar-refractivity contribution in [1.29, 1.82) is 0 Å². The van der Waals surface area contributed by atoms with Gasteiger partial charge in [-0.2, -0.15) is 0 Å². The van der Waals surface area contributed by atoms with Crippen molar-refractivity contribution in [3.8, 4) is 17.1 Å². The summed E-state index contributed by atoms with van der Waals surface area (Å²) >= 11 is 0. The fourth-order valence-corrected chi connectivity index (χ4v) is 4.52. The molecule has 2 aliphatic rings. The molecule has 2 aromatic heterocycles. The molecule has 2 N–H and O–H groups in total. The van der Waals surface area contributed by atoms with Crippen LogP contribution < -0.4 is 10.9 Å². The van der Waals surface area contributed by atoms with Gasteiger partial charge in [0.15, 0.2) is 0 Å². The molecular weight excluding hydrogens is 370 g/mol. The number of carbonyl (C=O) groups excluding carboxylic acids is 1. The average Bonchev–Trinajstić information content (AvgIpc) is 3.07. The Balaban J connectivity index is 1.79. The van der Waals surface area contributed by atoms with Crippen LogP contribution >= 0.6 is 0 Å². The molecule has 0 saturated carbocycles. The molecule has 1 aromatic carbocycles. The second-order valence-corrected chi connectivity index (χ2v) is 7.43. The van der Waals surface area contributed by atoms with Gasteiger partial charge in [0.1, 0.15) is 18.4 Å². The lowest BCUT2D eigenvalue weighted by molar-refractivity contribution is -0.149. The second-order valence-electron chi connectivity index (χ2n) is 7.43. The lowest BCUT2D eigenvalue weighted by Gasteiger charge is -2.25. The second kappa shape index (κ2) is 6.42. The van der Waals surface area contributed by atoms with Crippen molar-refractivity contribution >= 4 is 16.9 Å². The summed E-state index contributed by atoms with van der Waals surface area (Å²) in [6.07, 6.45) is 0.759. The number of aromatic nitrogens is 2. The Labute approximate surface area is 167 Å². The van der Waals surface area contributed by atoms with Crippen molar-refractivity contribution in [2.75, 3.05) is 6.54 Å². The molecule has 7 nitrogen and oxygen atoms in total. The normalized spacial score (nSPS) is 17.0. The van der Waals surface area contributed by atoms with E-state index in [1.807, 2.05) is 13.0 Å². The van der Waals surface area contributed by atoms with Gasteiger partial charge in [-0.3, -0.25) is 4.79 Å². The van der Waals surface area contributed by atoms with Crippen molar-refractivity contribution in [2.45, 2.75) is 39.5 Å². The molecule has 7 heteroatoms. The van der Waals surface area contributed by atoms with E-state index in [2.05, 4.69) is 12.2 Å². The molecule has 0 unspecified atom stereocenters. The Hall–Kier alpha value is -3.19. The van der Waals surface area contributed by atoms with Crippen LogP contribution in [-0.4, -0.2) is 27.2 Å². The highest BCUT2D eigenvalue weighted by Crippen LogP contribution is 2.38. The van der Waals surface area contributed by atoms with E-state index in [0.29, 0.717) is 24.2 Å². The maximum absolute atomic E-state index is 13.3. The number of phenols is 1. The Morgan fingerprint density at radius 2 is 2.07 bits per heavy atom. The number of ether oxygens (including phenoxy) is 1. The number of hydrogen-bond donors (Lipinski definition) is 2. The zero-order chi connectivity index (χ0) is 20.3. The van der Waals surface area contributed by atoms with Gasteiger partial charge < -0.3 is 19.7 Å². The molecule has 0 aliphatic carbocycles. The quantitative estimate of drug-likeness (QED) is 0.521. The number of esters is 1. The third kappa shape index (κ3) is 2.50. The first-order chi connectivity index (χ1) is 14.0. The molecule has 0 spiro atoms. The molecule has 0 saturated heterocycles. The molecule has 148 valence electrons. The molecule has 0 bridgehead atoms. The van der Waals surface area contributed by atoms with E-state index in [4.69, 9.17) is 9.72 Å². The van der Waals surface area contributed by atoms with Crippen molar-refractivity contribution in [1.82, 2.24) is 14.9 Å². The molecular formula is C22H21N3O4. The monoisotopic (exact) mass is 391 g/mol. The van der Waals surface area contributed by atoms with E-state index in [0.717, 1.165) is 39.8 Å². The summed E-state index contributed by atoms with van der Waals surface area (Å²) in [4.78, 5) is 30.4. The number of pyridine rings is 2. The maximum Gasteiger partial charge on any atom is 0.328 e. The smallest absolute Gasteiger partial charge is 0.328 e. The summed E-state index contributed by atoms with van der Waals surface area (Å²) in [5.74, 6) is -0.167. The summed E-state index contributed by atoms with van der Waals surface area (Å²) in [7, 11) is 0. The molecule has 5 rings (SSSR count). The zero-order valence-corrected chi connectivity index (χ0v) is 16.3. The number of hydrogen-bond acceptors (Lipinski definition) is 6. The third-order valence-corrected chi connectivity index (χ3v) is 5.85. The van der Waals surface area contributed by atoms with Gasteiger partial charge in [-0.05, 0) is 48.4 Å². The molecule has 0 radical (unpaired) electrons. The minimum atomic E-state index is -0.644. The predicted octanol–water partition coefficient (Wildman–Crippen LogP) is 2.40. The first-order valence-electron chi connectivity index (χ1n) is 9.85. The number of aromatic hydroxyl groups is 1. The molecule has 29 heavy (non-hydrogen) atoms. The Bertz CT molecular complexity index is 1250. The van der Waals surface area contributed by atoms with Gasteiger partial charge in [-0.15, -0.1) is 0 Å². The van der Waals surface area contributed by atoms with Crippen LogP contribution in [-0.2, 0) is 29.1 Å². The number of cyclic esters (lactones) is 1. The first-order valence-corrected chi connectivity index (χ1v) is 9.85. The molecule has 4 heterocycles. The third-order valence-electron chi connectivity index (χ3n) is 5.85. The van der Waals surface area contributed by atoms with E-state index in [1.54, 1.807) is 22.8 Å². The van der Waals surface area contributed by atoms with E-state index in [1.165, 1.54) is 0 Å². The number of rotatable bonds is 3. The van der Waals surface area contributed by atoms with Gasteiger partial charge in [0.2, 0.25) is 0 Å². The van der Waals surface area contributed by atoms with Gasteiger partial charge in [-0.25, -0.2) is 9.78 Å². The van der Waals surface area contributed by atoms with Crippen LogP contribution in [0.2, 0.25) is 0 Å². The number of nitrogens with one attached hydrogen (secondary N) is 1. The van der Waals surface area contributed by atoms with Crippen LogP contribution in [0.15, 0.2) is 29.1 Å².